The van der Waals surface area contributed by atoms with Gasteiger partial charge in [0.25, 0.3) is 0 Å². The number of hydrogen-bond donors (Lipinski definition) is 1. The Morgan fingerprint density at radius 1 is 1.10 bits per heavy atom. The second kappa shape index (κ2) is 7.87. The molecule has 108 valence electrons. The summed E-state index contributed by atoms with van der Waals surface area (Å²) in [4.78, 5) is 0. The van der Waals surface area contributed by atoms with Gasteiger partial charge in [-0.25, -0.2) is 0 Å². The molecule has 0 bridgehead atoms. The van der Waals surface area contributed by atoms with Gasteiger partial charge in [0.15, 0.2) is 0 Å². The summed E-state index contributed by atoms with van der Waals surface area (Å²) in [5, 5.41) is 8.71. The maximum Gasteiger partial charge on any atom is 0.119 e. The van der Waals surface area contributed by atoms with Crippen LogP contribution in [0.1, 0.15) is 23.6 Å². The Balaban J connectivity index is 2.15. The minimum Gasteiger partial charge on any atom is -0.491 e. The van der Waals surface area contributed by atoms with Gasteiger partial charge in [0.2, 0.25) is 0 Å². The number of rotatable bonds is 4. The maximum absolute atomic E-state index is 8.71. The van der Waals surface area contributed by atoms with Crippen LogP contribution in [-0.4, -0.2) is 18.3 Å². The fourth-order valence-electron chi connectivity index (χ4n) is 1.91. The van der Waals surface area contributed by atoms with E-state index >= 15 is 0 Å². The van der Waals surface area contributed by atoms with Crippen molar-refractivity contribution in [1.82, 2.24) is 0 Å². The van der Waals surface area contributed by atoms with Crippen LogP contribution in [0, 0.1) is 11.8 Å². The monoisotopic (exact) mass is 344 g/mol. The number of ether oxygens (including phenoxy) is 1. The predicted molar refractivity (Wildman–Crippen MR) is 88.5 cm³/mol. The average Bonchev–Trinajstić information content (AvgIpc) is 2.52. The quantitative estimate of drug-likeness (QED) is 0.855. The van der Waals surface area contributed by atoms with Crippen LogP contribution in [0.15, 0.2) is 46.9 Å². The van der Waals surface area contributed by atoms with Gasteiger partial charge in [-0.1, -0.05) is 34.7 Å². The van der Waals surface area contributed by atoms with Crippen LogP contribution in [0.5, 0.6) is 5.75 Å². The lowest BCUT2D eigenvalue weighted by molar-refractivity contribution is 0.201. The number of halogens is 1. The lowest BCUT2D eigenvalue weighted by atomic mass is 10.1. The van der Waals surface area contributed by atoms with Crippen molar-refractivity contribution in [3.63, 3.8) is 0 Å². The Hall–Kier alpha value is -1.76. The van der Waals surface area contributed by atoms with Crippen LogP contribution >= 0.6 is 15.9 Å². The molecule has 2 aromatic carbocycles. The van der Waals surface area contributed by atoms with E-state index in [-0.39, 0.29) is 6.61 Å². The number of aliphatic hydroxyl groups is 1. The van der Waals surface area contributed by atoms with Gasteiger partial charge in [-0.15, -0.1) is 0 Å². The van der Waals surface area contributed by atoms with E-state index in [9.17, 15) is 0 Å². The number of benzene rings is 2. The van der Waals surface area contributed by atoms with Crippen LogP contribution in [0.4, 0.5) is 0 Å². The summed E-state index contributed by atoms with van der Waals surface area (Å²) in [6.45, 7) is 2.45. The molecular formula is C18H17BrO2. The maximum atomic E-state index is 8.71. The summed E-state index contributed by atoms with van der Waals surface area (Å²) in [6, 6.07) is 13.7. The molecular weight excluding hydrogens is 328 g/mol. The van der Waals surface area contributed by atoms with Gasteiger partial charge in [0, 0.05) is 15.6 Å². The zero-order valence-electron chi connectivity index (χ0n) is 11.9. The average molecular weight is 345 g/mol. The minimum atomic E-state index is 0.0188. The van der Waals surface area contributed by atoms with E-state index in [4.69, 9.17) is 9.84 Å². The standard InChI is InChI=1S/C18H17BrO2/c1-2-15-13-17(19)8-7-16(15)6-3-14-4-9-18(10-5-14)21-12-11-20/h4-5,7-10,13,20H,2,11-12H2,1H3. The minimum absolute atomic E-state index is 0.0188. The van der Waals surface area contributed by atoms with Crippen LogP contribution in [0.3, 0.4) is 0 Å². The van der Waals surface area contributed by atoms with Crippen molar-refractivity contribution in [3.05, 3.63) is 63.6 Å². The Labute approximate surface area is 133 Å². The molecule has 0 heterocycles. The number of aryl methyl sites for hydroxylation is 1. The van der Waals surface area contributed by atoms with Crippen molar-refractivity contribution in [2.24, 2.45) is 0 Å². The molecule has 0 radical (unpaired) electrons. The van der Waals surface area contributed by atoms with Crippen molar-refractivity contribution in [2.75, 3.05) is 13.2 Å². The highest BCUT2D eigenvalue weighted by atomic mass is 79.9. The van der Waals surface area contributed by atoms with Crippen LogP contribution in [-0.2, 0) is 6.42 Å². The first kappa shape index (κ1) is 15.6. The van der Waals surface area contributed by atoms with Crippen LogP contribution < -0.4 is 4.74 Å². The summed E-state index contributed by atoms with van der Waals surface area (Å²) in [5.74, 6) is 7.13. The van der Waals surface area contributed by atoms with Gasteiger partial charge in [0.05, 0.1) is 6.61 Å². The van der Waals surface area contributed by atoms with Gasteiger partial charge in [-0.3, -0.25) is 0 Å². The van der Waals surface area contributed by atoms with Crippen molar-refractivity contribution in [2.45, 2.75) is 13.3 Å². The van der Waals surface area contributed by atoms with E-state index in [1.54, 1.807) is 0 Å². The summed E-state index contributed by atoms with van der Waals surface area (Å²) in [6.07, 6.45) is 0.956. The normalized spacial score (nSPS) is 9.86. The molecule has 0 aliphatic rings. The molecule has 0 spiro atoms. The summed E-state index contributed by atoms with van der Waals surface area (Å²) in [5.41, 5.74) is 3.23. The fraction of sp³-hybridized carbons (Fsp3) is 0.222. The molecule has 2 aromatic rings. The molecule has 0 aliphatic carbocycles. The fourth-order valence-corrected chi connectivity index (χ4v) is 2.32. The Morgan fingerprint density at radius 2 is 1.86 bits per heavy atom. The first-order chi connectivity index (χ1) is 10.2. The van der Waals surface area contributed by atoms with Gasteiger partial charge in [-0.2, -0.15) is 0 Å². The molecule has 0 unspecified atom stereocenters. The molecule has 0 aliphatic heterocycles. The SMILES string of the molecule is CCc1cc(Br)ccc1C#Cc1ccc(OCCO)cc1. The molecule has 21 heavy (non-hydrogen) atoms. The third-order valence-corrected chi connectivity index (χ3v) is 3.50. The van der Waals surface area contributed by atoms with Gasteiger partial charge < -0.3 is 9.84 Å². The van der Waals surface area contributed by atoms with Crippen molar-refractivity contribution < 1.29 is 9.84 Å². The van der Waals surface area contributed by atoms with Gasteiger partial charge in [-0.05, 0) is 54.4 Å². The molecule has 3 heteroatoms. The highest BCUT2D eigenvalue weighted by Crippen LogP contribution is 2.17. The van der Waals surface area contributed by atoms with E-state index < -0.39 is 0 Å². The lowest BCUT2D eigenvalue weighted by Crippen LogP contribution is -2.01. The zero-order chi connectivity index (χ0) is 15.1. The molecule has 0 saturated carbocycles. The van der Waals surface area contributed by atoms with Crippen LogP contribution in [0.25, 0.3) is 0 Å². The Bertz CT molecular complexity index is 651. The van der Waals surface area contributed by atoms with E-state index in [0.717, 1.165) is 27.8 Å². The summed E-state index contributed by atoms with van der Waals surface area (Å²) >= 11 is 3.48. The van der Waals surface area contributed by atoms with E-state index in [1.807, 2.05) is 36.4 Å². The molecule has 0 saturated heterocycles. The summed E-state index contributed by atoms with van der Waals surface area (Å²) < 4.78 is 6.40. The molecule has 0 fully saturated rings. The molecule has 2 rings (SSSR count). The molecule has 1 N–H and O–H groups in total. The first-order valence-corrected chi connectivity index (χ1v) is 7.66. The molecule has 0 amide bonds. The Morgan fingerprint density at radius 3 is 2.52 bits per heavy atom. The summed E-state index contributed by atoms with van der Waals surface area (Å²) in [7, 11) is 0. The predicted octanol–water partition coefficient (Wildman–Crippen LogP) is 3.78. The zero-order valence-corrected chi connectivity index (χ0v) is 13.5. The molecule has 0 atom stereocenters. The van der Waals surface area contributed by atoms with Crippen molar-refractivity contribution >= 4 is 15.9 Å². The third kappa shape index (κ3) is 4.63. The van der Waals surface area contributed by atoms with E-state index in [2.05, 4.69) is 40.8 Å². The number of hydrogen-bond acceptors (Lipinski definition) is 2. The largest absolute Gasteiger partial charge is 0.491 e. The van der Waals surface area contributed by atoms with Crippen molar-refractivity contribution in [1.29, 1.82) is 0 Å². The third-order valence-electron chi connectivity index (χ3n) is 3.00. The highest BCUT2D eigenvalue weighted by molar-refractivity contribution is 9.10. The first-order valence-electron chi connectivity index (χ1n) is 6.87. The van der Waals surface area contributed by atoms with Crippen molar-refractivity contribution in [3.8, 4) is 17.6 Å². The van der Waals surface area contributed by atoms with Crippen LogP contribution in [0.2, 0.25) is 0 Å². The highest BCUT2D eigenvalue weighted by Gasteiger charge is 1.98. The second-order valence-corrected chi connectivity index (χ2v) is 5.42. The lowest BCUT2D eigenvalue weighted by Gasteiger charge is -2.03. The van der Waals surface area contributed by atoms with E-state index in [1.165, 1.54) is 5.56 Å². The second-order valence-electron chi connectivity index (χ2n) is 4.50. The van der Waals surface area contributed by atoms with E-state index in [0.29, 0.717) is 6.61 Å². The topological polar surface area (TPSA) is 29.5 Å². The number of aliphatic hydroxyl groups excluding tert-OH is 1. The Kier molecular flexibility index (Phi) is 5.86. The van der Waals surface area contributed by atoms with Gasteiger partial charge >= 0.3 is 0 Å². The van der Waals surface area contributed by atoms with Gasteiger partial charge in [0.1, 0.15) is 12.4 Å². The smallest absolute Gasteiger partial charge is 0.119 e. The molecule has 2 nitrogen and oxygen atoms in total. The molecule has 0 aromatic heterocycles.